The number of likely N-dealkylation sites (N-methyl/N-ethyl adjacent to an activating group) is 1. The second-order valence-corrected chi connectivity index (χ2v) is 9.37. The van der Waals surface area contributed by atoms with Gasteiger partial charge in [0.2, 0.25) is 10.0 Å². The summed E-state index contributed by atoms with van der Waals surface area (Å²) >= 11 is 0. The van der Waals surface area contributed by atoms with Gasteiger partial charge in [-0.3, -0.25) is 4.99 Å². The molecule has 0 aliphatic carbocycles. The molecule has 1 aliphatic rings. The second-order valence-electron chi connectivity index (χ2n) is 7.46. The first kappa shape index (κ1) is 26.5. The largest absolute Gasteiger partial charge is 0.355 e. The third-order valence-electron chi connectivity index (χ3n) is 5.38. The van der Waals surface area contributed by atoms with Crippen LogP contribution >= 0.6 is 24.0 Å². The van der Waals surface area contributed by atoms with E-state index >= 15 is 0 Å². The predicted octanol–water partition coefficient (Wildman–Crippen LogP) is 0.760. The SMILES string of the molecule is CCc1nncn1CCNC(=NC)NCc1ccccc1S(=O)(=O)N1CCN(C)CC1.I. The summed E-state index contributed by atoms with van der Waals surface area (Å²) in [7, 11) is 0.164. The first-order chi connectivity index (χ1) is 15.0. The third-order valence-corrected chi connectivity index (χ3v) is 7.38. The van der Waals surface area contributed by atoms with Gasteiger partial charge >= 0.3 is 0 Å². The molecule has 0 radical (unpaired) electrons. The third kappa shape index (κ3) is 6.62. The van der Waals surface area contributed by atoms with Crippen molar-refractivity contribution in [1.29, 1.82) is 0 Å². The van der Waals surface area contributed by atoms with Crippen molar-refractivity contribution in [3.8, 4) is 0 Å². The van der Waals surface area contributed by atoms with E-state index in [4.69, 9.17) is 0 Å². The molecule has 0 spiro atoms. The van der Waals surface area contributed by atoms with Crippen molar-refractivity contribution in [2.75, 3.05) is 46.8 Å². The number of halogens is 1. The number of aliphatic imine (C=N–C) groups is 1. The molecule has 1 aromatic carbocycles. The van der Waals surface area contributed by atoms with E-state index in [1.54, 1.807) is 29.8 Å². The fraction of sp³-hybridized carbons (Fsp3) is 0.550. The highest BCUT2D eigenvalue weighted by molar-refractivity contribution is 14.0. The quantitative estimate of drug-likeness (QED) is 0.272. The fourth-order valence-electron chi connectivity index (χ4n) is 3.50. The maximum atomic E-state index is 13.2. The molecule has 1 aromatic heterocycles. The van der Waals surface area contributed by atoms with Crippen LogP contribution in [0.4, 0.5) is 0 Å². The lowest BCUT2D eigenvalue weighted by Gasteiger charge is -2.32. The van der Waals surface area contributed by atoms with Gasteiger partial charge in [0.1, 0.15) is 12.2 Å². The minimum Gasteiger partial charge on any atom is -0.355 e. The van der Waals surface area contributed by atoms with Gasteiger partial charge in [0.25, 0.3) is 0 Å². The number of piperazine rings is 1. The zero-order chi connectivity index (χ0) is 22.3. The standard InChI is InChI=1S/C20H32N8O2S.HI/c1-4-19-25-24-16-27(19)10-9-22-20(21-2)23-15-17-7-5-6-8-18(17)31(29,30)28-13-11-26(3)12-14-28;/h5-8,16H,4,9-15H2,1-3H3,(H2,21,22,23);1H. The lowest BCUT2D eigenvalue weighted by atomic mass is 10.2. The Morgan fingerprint density at radius 3 is 2.56 bits per heavy atom. The van der Waals surface area contributed by atoms with Gasteiger partial charge in [0.15, 0.2) is 5.96 Å². The number of sulfonamides is 1. The summed E-state index contributed by atoms with van der Waals surface area (Å²) in [5.74, 6) is 1.55. The van der Waals surface area contributed by atoms with Crippen LogP contribution < -0.4 is 10.6 Å². The summed E-state index contributed by atoms with van der Waals surface area (Å²) in [6.45, 7) is 6.25. The van der Waals surface area contributed by atoms with Crippen molar-refractivity contribution < 1.29 is 8.42 Å². The van der Waals surface area contributed by atoms with Gasteiger partial charge in [-0.15, -0.1) is 34.2 Å². The van der Waals surface area contributed by atoms with Crippen LogP contribution in [0.5, 0.6) is 0 Å². The van der Waals surface area contributed by atoms with Gasteiger partial charge in [0.05, 0.1) is 4.90 Å². The van der Waals surface area contributed by atoms with Crippen molar-refractivity contribution in [2.45, 2.75) is 31.3 Å². The zero-order valence-electron chi connectivity index (χ0n) is 18.9. The van der Waals surface area contributed by atoms with E-state index in [2.05, 4.69) is 30.7 Å². The molecule has 1 fully saturated rings. The van der Waals surface area contributed by atoms with Gasteiger partial charge < -0.3 is 20.1 Å². The number of guanidine groups is 1. The maximum absolute atomic E-state index is 13.2. The van der Waals surface area contributed by atoms with Crippen molar-refractivity contribution in [3.63, 3.8) is 0 Å². The minimum atomic E-state index is -3.54. The topological polar surface area (TPSA) is 108 Å². The van der Waals surface area contributed by atoms with Gasteiger partial charge in [-0.05, 0) is 18.7 Å². The average Bonchev–Trinajstić information content (AvgIpc) is 3.24. The van der Waals surface area contributed by atoms with Crippen LogP contribution in [-0.4, -0.2) is 85.2 Å². The number of hydrogen-bond acceptors (Lipinski definition) is 6. The van der Waals surface area contributed by atoms with Gasteiger partial charge in [-0.25, -0.2) is 8.42 Å². The monoisotopic (exact) mass is 576 g/mol. The molecule has 0 bridgehead atoms. The lowest BCUT2D eigenvalue weighted by molar-refractivity contribution is 0.222. The molecule has 0 atom stereocenters. The summed E-state index contributed by atoms with van der Waals surface area (Å²) < 4.78 is 30.0. The van der Waals surface area contributed by atoms with E-state index in [1.165, 1.54) is 0 Å². The molecule has 10 nitrogen and oxygen atoms in total. The number of rotatable bonds is 8. The highest BCUT2D eigenvalue weighted by atomic mass is 127. The molecule has 0 amide bonds. The molecule has 1 saturated heterocycles. The Labute approximate surface area is 207 Å². The zero-order valence-corrected chi connectivity index (χ0v) is 22.0. The number of nitrogens with zero attached hydrogens (tertiary/aromatic N) is 6. The summed E-state index contributed by atoms with van der Waals surface area (Å²) in [6, 6.07) is 7.14. The first-order valence-electron chi connectivity index (χ1n) is 10.5. The predicted molar refractivity (Wildman–Crippen MR) is 136 cm³/mol. The summed E-state index contributed by atoms with van der Waals surface area (Å²) in [5, 5.41) is 14.5. The number of benzene rings is 1. The van der Waals surface area contributed by atoms with Crippen molar-refractivity contribution in [1.82, 2.24) is 34.6 Å². The van der Waals surface area contributed by atoms with Crippen molar-refractivity contribution >= 4 is 40.0 Å². The molecule has 2 heterocycles. The molecule has 32 heavy (non-hydrogen) atoms. The summed E-state index contributed by atoms with van der Waals surface area (Å²) in [6.07, 6.45) is 2.54. The van der Waals surface area contributed by atoms with E-state index in [0.29, 0.717) is 43.6 Å². The molecule has 2 N–H and O–H groups in total. The van der Waals surface area contributed by atoms with E-state index in [0.717, 1.165) is 30.9 Å². The Morgan fingerprint density at radius 1 is 1.16 bits per heavy atom. The van der Waals surface area contributed by atoms with Crippen LogP contribution in [0, 0.1) is 0 Å². The lowest BCUT2D eigenvalue weighted by Crippen LogP contribution is -2.47. The molecule has 1 aliphatic heterocycles. The minimum absolute atomic E-state index is 0. The molecule has 3 rings (SSSR count). The molecule has 12 heteroatoms. The van der Waals surface area contributed by atoms with Crippen LogP contribution in [-0.2, 0) is 29.5 Å². The number of aryl methyl sites for hydroxylation is 1. The molecular weight excluding hydrogens is 543 g/mol. The molecule has 2 aromatic rings. The number of hydrogen-bond donors (Lipinski definition) is 2. The normalized spacial score (nSPS) is 15.9. The molecule has 0 saturated carbocycles. The number of nitrogens with one attached hydrogen (secondary N) is 2. The van der Waals surface area contributed by atoms with E-state index in [9.17, 15) is 8.42 Å². The maximum Gasteiger partial charge on any atom is 0.243 e. The van der Waals surface area contributed by atoms with Crippen molar-refractivity contribution in [2.24, 2.45) is 4.99 Å². The van der Waals surface area contributed by atoms with Crippen LogP contribution in [0.15, 0.2) is 40.5 Å². The average molecular weight is 577 g/mol. The van der Waals surface area contributed by atoms with E-state index < -0.39 is 10.0 Å². The Hall–Kier alpha value is -1.77. The van der Waals surface area contributed by atoms with E-state index in [-0.39, 0.29) is 24.0 Å². The first-order valence-corrected chi connectivity index (χ1v) is 12.0. The van der Waals surface area contributed by atoms with Gasteiger partial charge in [0, 0.05) is 59.3 Å². The van der Waals surface area contributed by atoms with Gasteiger partial charge in [-0.1, -0.05) is 25.1 Å². The number of aromatic nitrogens is 3. The summed E-state index contributed by atoms with van der Waals surface area (Å²) in [4.78, 5) is 6.73. The molecule has 178 valence electrons. The highest BCUT2D eigenvalue weighted by Gasteiger charge is 2.29. The smallest absolute Gasteiger partial charge is 0.243 e. The van der Waals surface area contributed by atoms with E-state index in [1.807, 2.05) is 30.7 Å². The molecular formula is C20H33IN8O2S. The Morgan fingerprint density at radius 2 is 1.88 bits per heavy atom. The van der Waals surface area contributed by atoms with Crippen LogP contribution in [0.2, 0.25) is 0 Å². The van der Waals surface area contributed by atoms with Crippen LogP contribution in [0.1, 0.15) is 18.3 Å². The van der Waals surface area contributed by atoms with Crippen LogP contribution in [0.3, 0.4) is 0 Å². The Kier molecular flexibility index (Phi) is 10.3. The Balaban J connectivity index is 0.00000363. The highest BCUT2D eigenvalue weighted by Crippen LogP contribution is 2.21. The summed E-state index contributed by atoms with van der Waals surface area (Å²) in [5.41, 5.74) is 0.719. The second kappa shape index (κ2) is 12.5. The Bertz CT molecular complexity index is 987. The van der Waals surface area contributed by atoms with Crippen molar-refractivity contribution in [3.05, 3.63) is 42.0 Å². The fourth-order valence-corrected chi connectivity index (χ4v) is 5.15. The van der Waals surface area contributed by atoms with Crippen LogP contribution in [0.25, 0.3) is 0 Å². The van der Waals surface area contributed by atoms with Gasteiger partial charge in [-0.2, -0.15) is 4.31 Å². The molecule has 0 unspecified atom stereocenters.